The van der Waals surface area contributed by atoms with Crippen LogP contribution in [0.3, 0.4) is 0 Å². The second-order valence-electron chi connectivity index (χ2n) is 3.41. The molecule has 0 aromatic heterocycles. The quantitative estimate of drug-likeness (QED) is 0.804. The molecule has 0 aliphatic rings. The van der Waals surface area contributed by atoms with Gasteiger partial charge in [-0.3, -0.25) is 4.79 Å². The van der Waals surface area contributed by atoms with Crippen molar-refractivity contribution in [2.24, 2.45) is 5.73 Å². The molecule has 1 aromatic carbocycles. The van der Waals surface area contributed by atoms with Crippen molar-refractivity contribution < 1.29 is 17.7 Å². The molecule has 17 heavy (non-hydrogen) atoms. The predicted molar refractivity (Wildman–Crippen MR) is 60.3 cm³/mol. The number of halogens is 1. The van der Waals surface area contributed by atoms with Crippen LogP contribution in [0.1, 0.15) is 23.7 Å². The molecule has 0 radical (unpaired) electrons. The van der Waals surface area contributed by atoms with E-state index in [2.05, 4.69) is 0 Å². The van der Waals surface area contributed by atoms with E-state index in [-0.39, 0.29) is 21.5 Å². The largest absolute Gasteiger partial charge is 0.366 e. The summed E-state index contributed by atoms with van der Waals surface area (Å²) in [6.07, 6.45) is 0.352. The third-order valence-corrected chi connectivity index (χ3v) is 3.63. The number of rotatable bonds is 5. The lowest BCUT2D eigenvalue weighted by Gasteiger charge is -2.11. The molecule has 7 heteroatoms. The molecule has 0 aliphatic carbocycles. The third kappa shape index (κ3) is 3.01. The van der Waals surface area contributed by atoms with Crippen molar-refractivity contribution in [3.05, 3.63) is 29.8 Å². The Morgan fingerprint density at radius 2 is 2.12 bits per heavy atom. The lowest BCUT2D eigenvalue weighted by molar-refractivity contribution is 0.1000. The Labute approximate surface area is 99.0 Å². The molecule has 5 nitrogen and oxygen atoms in total. The van der Waals surface area contributed by atoms with Crippen LogP contribution in [-0.4, -0.2) is 25.4 Å². The highest BCUT2D eigenvalue weighted by Gasteiger charge is 2.24. The number of carbonyl (C=O) groups is 1. The van der Waals surface area contributed by atoms with Gasteiger partial charge in [-0.1, -0.05) is 13.0 Å². The third-order valence-electron chi connectivity index (χ3n) is 2.08. The summed E-state index contributed by atoms with van der Waals surface area (Å²) in [5.41, 5.74) is 5.04. The molecule has 0 bridgehead atoms. The smallest absolute Gasteiger partial charge is 0.269 e. The van der Waals surface area contributed by atoms with Gasteiger partial charge >= 0.3 is 0 Å². The van der Waals surface area contributed by atoms with E-state index in [9.17, 15) is 17.7 Å². The average molecular weight is 260 g/mol. The normalized spacial score (nSPS) is 11.7. The van der Waals surface area contributed by atoms with E-state index in [0.717, 1.165) is 6.07 Å². The molecule has 1 aromatic rings. The second-order valence-corrected chi connectivity index (χ2v) is 5.23. The molecular formula is C10H13FN2O3S. The highest BCUT2D eigenvalue weighted by atomic mass is 32.2. The first kappa shape index (κ1) is 13.6. The van der Waals surface area contributed by atoms with Crippen LogP contribution in [0.2, 0.25) is 0 Å². The Kier molecular flexibility index (Phi) is 4.19. The van der Waals surface area contributed by atoms with Gasteiger partial charge in [-0.2, -0.15) is 0 Å². The molecule has 1 amide bonds. The van der Waals surface area contributed by atoms with E-state index in [1.165, 1.54) is 18.2 Å². The van der Waals surface area contributed by atoms with Crippen LogP contribution >= 0.6 is 0 Å². The first-order valence-electron chi connectivity index (χ1n) is 4.98. The van der Waals surface area contributed by atoms with Crippen LogP contribution < -0.4 is 5.73 Å². The maximum Gasteiger partial charge on any atom is 0.269 e. The van der Waals surface area contributed by atoms with Gasteiger partial charge in [0.25, 0.3) is 10.0 Å². The van der Waals surface area contributed by atoms with E-state index < -0.39 is 15.9 Å². The molecule has 1 rings (SSSR count). The summed E-state index contributed by atoms with van der Waals surface area (Å²) in [5.74, 6) is -0.761. The molecular weight excluding hydrogens is 247 g/mol. The first-order chi connectivity index (χ1) is 7.89. The minimum Gasteiger partial charge on any atom is -0.366 e. The van der Waals surface area contributed by atoms with E-state index in [0.29, 0.717) is 6.42 Å². The van der Waals surface area contributed by atoms with Gasteiger partial charge in [0.1, 0.15) is 0 Å². The monoisotopic (exact) mass is 260 g/mol. The number of carbonyl (C=O) groups excluding carboxylic acids is 1. The minimum atomic E-state index is -4.20. The van der Waals surface area contributed by atoms with E-state index in [1.807, 2.05) is 0 Å². The zero-order valence-corrected chi connectivity index (χ0v) is 10.1. The Balaban J connectivity index is 3.15. The Bertz CT molecular complexity index is 516. The SMILES string of the molecule is CCCN(F)S(=O)(=O)c1cccc(C(N)=O)c1. The molecule has 0 saturated carbocycles. The van der Waals surface area contributed by atoms with Gasteiger partial charge in [-0.05, 0) is 29.1 Å². The Morgan fingerprint density at radius 3 is 2.65 bits per heavy atom. The maximum absolute atomic E-state index is 13.3. The summed E-state index contributed by atoms with van der Waals surface area (Å²) in [5, 5.41) is 0. The number of benzene rings is 1. The zero-order chi connectivity index (χ0) is 13.1. The molecule has 0 spiro atoms. The van der Waals surface area contributed by atoms with Crippen molar-refractivity contribution in [3.8, 4) is 0 Å². The van der Waals surface area contributed by atoms with Gasteiger partial charge < -0.3 is 5.73 Å². The lowest BCUT2D eigenvalue weighted by atomic mass is 10.2. The van der Waals surface area contributed by atoms with Crippen molar-refractivity contribution in [3.63, 3.8) is 0 Å². The van der Waals surface area contributed by atoms with Crippen molar-refractivity contribution in [1.29, 1.82) is 0 Å². The minimum absolute atomic E-state index is 0.0240. The Morgan fingerprint density at radius 1 is 1.47 bits per heavy atom. The van der Waals surface area contributed by atoms with Crippen molar-refractivity contribution in [1.82, 2.24) is 4.53 Å². The number of primary amides is 1. The predicted octanol–water partition coefficient (Wildman–Crippen LogP) is 1.07. The average Bonchev–Trinajstić information content (AvgIpc) is 2.29. The van der Waals surface area contributed by atoms with Crippen LogP contribution in [0.4, 0.5) is 4.48 Å². The number of hydrogen-bond donors (Lipinski definition) is 1. The van der Waals surface area contributed by atoms with Gasteiger partial charge in [-0.25, -0.2) is 8.42 Å². The summed E-state index contributed by atoms with van der Waals surface area (Å²) in [6, 6.07) is 4.97. The van der Waals surface area contributed by atoms with Gasteiger partial charge in [-0.15, -0.1) is 4.48 Å². The number of sulfonamides is 1. The van der Waals surface area contributed by atoms with Gasteiger partial charge in [0.2, 0.25) is 5.91 Å². The fourth-order valence-electron chi connectivity index (χ4n) is 1.22. The van der Waals surface area contributed by atoms with Gasteiger partial charge in [0.05, 0.1) is 4.90 Å². The summed E-state index contributed by atoms with van der Waals surface area (Å²) in [4.78, 5) is 10.6. The lowest BCUT2D eigenvalue weighted by Crippen LogP contribution is -2.24. The summed E-state index contributed by atoms with van der Waals surface area (Å²) >= 11 is 0. The van der Waals surface area contributed by atoms with Gasteiger partial charge in [0, 0.05) is 12.1 Å². The highest BCUT2D eigenvalue weighted by molar-refractivity contribution is 7.89. The Hall–Kier alpha value is -1.47. The van der Waals surface area contributed by atoms with Crippen LogP contribution in [0.15, 0.2) is 29.2 Å². The second kappa shape index (κ2) is 5.24. The summed E-state index contributed by atoms with van der Waals surface area (Å²) < 4.78 is 36.5. The van der Waals surface area contributed by atoms with Crippen LogP contribution in [0, 0.1) is 0 Å². The van der Waals surface area contributed by atoms with Crippen molar-refractivity contribution >= 4 is 15.9 Å². The highest BCUT2D eigenvalue weighted by Crippen LogP contribution is 2.17. The first-order valence-corrected chi connectivity index (χ1v) is 6.42. The van der Waals surface area contributed by atoms with E-state index in [4.69, 9.17) is 5.73 Å². The molecule has 0 saturated heterocycles. The number of hydrogen-bond acceptors (Lipinski definition) is 3. The fourth-order valence-corrected chi connectivity index (χ4v) is 2.40. The molecule has 94 valence electrons. The summed E-state index contributed by atoms with van der Waals surface area (Å²) in [7, 11) is -4.20. The number of amides is 1. The summed E-state index contributed by atoms with van der Waals surface area (Å²) in [6.45, 7) is 1.42. The topological polar surface area (TPSA) is 80.5 Å². The van der Waals surface area contributed by atoms with Crippen LogP contribution in [-0.2, 0) is 10.0 Å². The molecule has 2 N–H and O–H groups in total. The van der Waals surface area contributed by atoms with Crippen LogP contribution in [0.25, 0.3) is 0 Å². The van der Waals surface area contributed by atoms with E-state index >= 15 is 0 Å². The fraction of sp³-hybridized carbons (Fsp3) is 0.300. The molecule has 0 atom stereocenters. The molecule has 0 aliphatic heterocycles. The number of nitrogens with zero attached hydrogens (tertiary/aromatic N) is 1. The van der Waals surface area contributed by atoms with Gasteiger partial charge in [0.15, 0.2) is 0 Å². The maximum atomic E-state index is 13.3. The van der Waals surface area contributed by atoms with Crippen molar-refractivity contribution in [2.75, 3.05) is 6.54 Å². The molecule has 0 unspecified atom stereocenters. The molecule has 0 fully saturated rings. The zero-order valence-electron chi connectivity index (χ0n) is 9.26. The molecule has 0 heterocycles. The number of nitrogens with two attached hydrogens (primary N) is 1. The van der Waals surface area contributed by atoms with Crippen molar-refractivity contribution in [2.45, 2.75) is 18.2 Å². The van der Waals surface area contributed by atoms with E-state index in [1.54, 1.807) is 6.92 Å². The standard InChI is InChI=1S/C10H13FN2O3S/c1-2-6-13(11)17(15,16)9-5-3-4-8(7-9)10(12)14/h3-5,7H,2,6H2,1H3,(H2,12,14). The van der Waals surface area contributed by atoms with Crippen LogP contribution in [0.5, 0.6) is 0 Å².